The molecule has 0 heterocycles. The van der Waals surface area contributed by atoms with Gasteiger partial charge in [0.25, 0.3) is 0 Å². The fraction of sp³-hybridized carbons (Fsp3) is 0.455. The molecule has 102 valence electrons. The lowest BCUT2D eigenvalue weighted by atomic mass is 10.1. The average molecular weight is 278 g/mol. The molecule has 1 aromatic rings. The Morgan fingerprint density at radius 2 is 1.94 bits per heavy atom. The summed E-state index contributed by atoms with van der Waals surface area (Å²) < 4.78 is 52.5. The van der Waals surface area contributed by atoms with Gasteiger partial charge in [-0.2, -0.15) is 0 Å². The number of hydrogen-bond donors (Lipinski definition) is 2. The van der Waals surface area contributed by atoms with Crippen LogP contribution in [-0.4, -0.2) is 21.0 Å². The maximum Gasteiger partial charge on any atom is 0.243 e. The van der Waals surface area contributed by atoms with Crippen molar-refractivity contribution in [2.75, 3.05) is 6.54 Å². The summed E-state index contributed by atoms with van der Waals surface area (Å²) in [7, 11) is -4.11. The van der Waals surface area contributed by atoms with Gasteiger partial charge in [-0.3, -0.25) is 0 Å². The van der Waals surface area contributed by atoms with Crippen molar-refractivity contribution in [3.63, 3.8) is 0 Å². The van der Waals surface area contributed by atoms with E-state index < -0.39 is 32.6 Å². The molecule has 0 aliphatic heterocycles. The number of nitrogens with two attached hydrogens (primary N) is 1. The van der Waals surface area contributed by atoms with E-state index in [1.165, 1.54) is 0 Å². The summed E-state index contributed by atoms with van der Waals surface area (Å²) in [4.78, 5) is -0.707. The average Bonchev–Trinajstić information content (AvgIpc) is 2.28. The molecule has 0 aliphatic carbocycles. The van der Waals surface area contributed by atoms with Gasteiger partial charge in [0.2, 0.25) is 10.0 Å². The van der Waals surface area contributed by atoms with Crippen LogP contribution in [-0.2, 0) is 10.0 Å². The Morgan fingerprint density at radius 1 is 1.33 bits per heavy atom. The van der Waals surface area contributed by atoms with Gasteiger partial charge in [0, 0.05) is 12.6 Å². The number of benzene rings is 1. The lowest BCUT2D eigenvalue weighted by Crippen LogP contribution is -2.43. The maximum atomic E-state index is 13.4. The van der Waals surface area contributed by atoms with E-state index in [9.17, 15) is 17.2 Å². The molecule has 1 atom stereocenters. The van der Waals surface area contributed by atoms with E-state index in [-0.39, 0.29) is 12.5 Å². The van der Waals surface area contributed by atoms with Crippen LogP contribution in [0.5, 0.6) is 0 Å². The first kappa shape index (κ1) is 15.0. The van der Waals surface area contributed by atoms with E-state index in [1.54, 1.807) is 13.8 Å². The topological polar surface area (TPSA) is 72.2 Å². The highest BCUT2D eigenvalue weighted by molar-refractivity contribution is 7.89. The first-order valence-corrected chi connectivity index (χ1v) is 6.93. The van der Waals surface area contributed by atoms with Crippen LogP contribution >= 0.6 is 0 Å². The molecule has 0 aliphatic rings. The van der Waals surface area contributed by atoms with Crippen LogP contribution in [0.4, 0.5) is 8.78 Å². The third kappa shape index (κ3) is 3.47. The van der Waals surface area contributed by atoms with E-state index in [0.29, 0.717) is 6.07 Å². The summed E-state index contributed by atoms with van der Waals surface area (Å²) >= 11 is 0. The van der Waals surface area contributed by atoms with Crippen LogP contribution in [0.1, 0.15) is 13.8 Å². The molecule has 0 bridgehead atoms. The predicted molar refractivity (Wildman–Crippen MR) is 64.4 cm³/mol. The predicted octanol–water partition coefficient (Wildman–Crippen LogP) is 1.23. The van der Waals surface area contributed by atoms with Crippen LogP contribution in [0.3, 0.4) is 0 Å². The van der Waals surface area contributed by atoms with E-state index in [1.807, 2.05) is 0 Å². The monoisotopic (exact) mass is 278 g/mol. The molecular formula is C11H16F2N2O2S. The molecule has 0 amide bonds. The molecule has 18 heavy (non-hydrogen) atoms. The third-order valence-corrected chi connectivity index (χ3v) is 4.05. The summed E-state index contributed by atoms with van der Waals surface area (Å²) in [6.45, 7) is 3.64. The molecule has 0 saturated heterocycles. The van der Waals surface area contributed by atoms with Gasteiger partial charge in [0.15, 0.2) is 0 Å². The van der Waals surface area contributed by atoms with Crippen molar-refractivity contribution in [1.29, 1.82) is 0 Å². The van der Waals surface area contributed by atoms with E-state index in [0.717, 1.165) is 12.1 Å². The molecule has 0 spiro atoms. The van der Waals surface area contributed by atoms with Crippen LogP contribution in [0, 0.1) is 17.6 Å². The number of sulfonamides is 1. The first-order valence-electron chi connectivity index (χ1n) is 5.45. The highest BCUT2D eigenvalue weighted by atomic mass is 32.2. The zero-order valence-electron chi connectivity index (χ0n) is 10.2. The lowest BCUT2D eigenvalue weighted by Gasteiger charge is -2.20. The summed E-state index contributed by atoms with van der Waals surface area (Å²) in [6.07, 6.45) is 0. The Bertz CT molecular complexity index is 518. The Labute approximate surface area is 105 Å². The molecule has 1 aromatic carbocycles. The van der Waals surface area contributed by atoms with Gasteiger partial charge in [-0.1, -0.05) is 13.8 Å². The molecular weight excluding hydrogens is 262 g/mol. The van der Waals surface area contributed by atoms with Gasteiger partial charge < -0.3 is 5.73 Å². The smallest absolute Gasteiger partial charge is 0.243 e. The van der Waals surface area contributed by atoms with Crippen molar-refractivity contribution in [2.45, 2.75) is 24.8 Å². The number of rotatable bonds is 5. The number of halogens is 2. The molecule has 0 saturated carbocycles. The van der Waals surface area contributed by atoms with Crippen LogP contribution < -0.4 is 10.5 Å². The van der Waals surface area contributed by atoms with Crippen LogP contribution in [0.25, 0.3) is 0 Å². The lowest BCUT2D eigenvalue weighted by molar-refractivity contribution is 0.452. The second kappa shape index (κ2) is 5.73. The van der Waals surface area contributed by atoms with Crippen molar-refractivity contribution in [1.82, 2.24) is 4.72 Å². The summed E-state index contributed by atoms with van der Waals surface area (Å²) in [6, 6.07) is 1.75. The van der Waals surface area contributed by atoms with Crippen molar-refractivity contribution in [3.05, 3.63) is 29.8 Å². The molecule has 1 unspecified atom stereocenters. The largest absolute Gasteiger partial charge is 0.329 e. The first-order chi connectivity index (χ1) is 8.27. The fourth-order valence-electron chi connectivity index (χ4n) is 1.40. The number of hydrogen-bond acceptors (Lipinski definition) is 3. The summed E-state index contributed by atoms with van der Waals surface area (Å²) in [5.41, 5.74) is 5.43. The normalized spacial score (nSPS) is 13.9. The fourth-order valence-corrected chi connectivity index (χ4v) is 2.89. The maximum absolute atomic E-state index is 13.4. The zero-order chi connectivity index (χ0) is 13.9. The van der Waals surface area contributed by atoms with Crippen LogP contribution in [0.15, 0.2) is 23.1 Å². The molecule has 0 fully saturated rings. The van der Waals surface area contributed by atoms with E-state index >= 15 is 0 Å². The van der Waals surface area contributed by atoms with Crippen molar-refractivity contribution >= 4 is 10.0 Å². The second-order valence-corrected chi connectivity index (χ2v) is 5.96. The van der Waals surface area contributed by atoms with Crippen molar-refractivity contribution in [3.8, 4) is 0 Å². The Kier molecular flexibility index (Phi) is 4.78. The molecule has 0 radical (unpaired) electrons. The molecule has 3 N–H and O–H groups in total. The molecule has 4 nitrogen and oxygen atoms in total. The van der Waals surface area contributed by atoms with Gasteiger partial charge in [0.1, 0.15) is 16.5 Å². The summed E-state index contributed by atoms with van der Waals surface area (Å²) in [5, 5.41) is 0. The molecule has 7 heteroatoms. The summed E-state index contributed by atoms with van der Waals surface area (Å²) in [5.74, 6) is -1.87. The zero-order valence-corrected chi connectivity index (χ0v) is 11.0. The highest BCUT2D eigenvalue weighted by Gasteiger charge is 2.24. The second-order valence-electron chi connectivity index (χ2n) is 4.28. The Balaban J connectivity index is 3.10. The minimum Gasteiger partial charge on any atom is -0.329 e. The van der Waals surface area contributed by atoms with Gasteiger partial charge in [-0.25, -0.2) is 21.9 Å². The minimum absolute atomic E-state index is 0.0543. The van der Waals surface area contributed by atoms with Crippen molar-refractivity contribution < 1.29 is 17.2 Å². The van der Waals surface area contributed by atoms with Gasteiger partial charge in [-0.05, 0) is 24.1 Å². The van der Waals surface area contributed by atoms with E-state index in [4.69, 9.17) is 5.73 Å². The van der Waals surface area contributed by atoms with Gasteiger partial charge in [0.05, 0.1) is 0 Å². The highest BCUT2D eigenvalue weighted by Crippen LogP contribution is 2.16. The SMILES string of the molecule is CC(C)C(CN)NS(=O)(=O)c1cc(F)ccc1F. The van der Waals surface area contributed by atoms with Gasteiger partial charge >= 0.3 is 0 Å². The number of nitrogens with one attached hydrogen (secondary N) is 1. The van der Waals surface area contributed by atoms with Crippen molar-refractivity contribution in [2.24, 2.45) is 11.7 Å². The minimum atomic E-state index is -4.11. The molecule has 1 rings (SSSR count). The quantitative estimate of drug-likeness (QED) is 0.851. The Hall–Kier alpha value is -1.05. The third-order valence-electron chi connectivity index (χ3n) is 2.55. The Morgan fingerprint density at radius 3 is 2.44 bits per heavy atom. The van der Waals surface area contributed by atoms with Crippen LogP contribution in [0.2, 0.25) is 0 Å². The molecule has 0 aromatic heterocycles. The van der Waals surface area contributed by atoms with Gasteiger partial charge in [-0.15, -0.1) is 0 Å². The van der Waals surface area contributed by atoms with E-state index in [2.05, 4.69) is 4.72 Å². The standard InChI is InChI=1S/C11H16F2N2O2S/c1-7(2)10(6-14)15-18(16,17)11-5-8(12)3-4-9(11)13/h3-5,7,10,15H,6,14H2,1-2H3.